The molecule has 0 fully saturated rings. The third-order valence-electron chi connectivity index (χ3n) is 2.92. The number of aryl methyl sites for hydroxylation is 1. The zero-order valence-corrected chi connectivity index (χ0v) is 9.12. The molecule has 0 saturated carbocycles. The van der Waals surface area contributed by atoms with E-state index in [1.807, 2.05) is 36.4 Å². The van der Waals surface area contributed by atoms with Crippen molar-refractivity contribution in [3.05, 3.63) is 46.5 Å². The summed E-state index contributed by atoms with van der Waals surface area (Å²) in [5, 5.41) is 12.8. The minimum Gasteiger partial charge on any atom is -0.390 e. The van der Waals surface area contributed by atoms with Crippen LogP contribution in [0.15, 0.2) is 36.4 Å². The number of fused-ring (bicyclic) bond motifs is 3. The Hall–Kier alpha value is -2.43. The maximum Gasteiger partial charge on any atom is 0.435 e. The molecule has 17 heavy (non-hydrogen) atoms. The first-order valence-electron chi connectivity index (χ1n) is 5.17. The van der Waals surface area contributed by atoms with Gasteiger partial charge in [0.1, 0.15) is 5.52 Å². The summed E-state index contributed by atoms with van der Waals surface area (Å²) in [6.45, 7) is 0. The molecule has 0 saturated heterocycles. The summed E-state index contributed by atoms with van der Waals surface area (Å²) in [5.74, 6) is -0.128. The van der Waals surface area contributed by atoms with Crippen molar-refractivity contribution >= 4 is 27.8 Å². The molecular formula is C12H9N3O2. The highest BCUT2D eigenvalue weighted by molar-refractivity contribution is 6.04. The highest BCUT2D eigenvalue weighted by Gasteiger charge is 2.19. The molecule has 1 aromatic heterocycles. The molecule has 0 N–H and O–H groups in total. The predicted molar refractivity (Wildman–Crippen MR) is 64.9 cm³/mol. The fourth-order valence-electron chi connectivity index (χ4n) is 2.08. The van der Waals surface area contributed by atoms with E-state index < -0.39 is 4.92 Å². The SMILES string of the molecule is Cn1c([N+](=O)[O-])nc2c3ccccc3ccc21. The van der Waals surface area contributed by atoms with E-state index in [0.29, 0.717) is 5.52 Å². The van der Waals surface area contributed by atoms with E-state index >= 15 is 0 Å². The first-order chi connectivity index (χ1) is 8.18. The lowest BCUT2D eigenvalue weighted by molar-refractivity contribution is -0.396. The predicted octanol–water partition coefficient (Wildman–Crippen LogP) is 2.63. The second-order valence-corrected chi connectivity index (χ2v) is 3.88. The van der Waals surface area contributed by atoms with Crippen LogP contribution in [0.3, 0.4) is 0 Å². The van der Waals surface area contributed by atoms with Crippen molar-refractivity contribution in [1.29, 1.82) is 0 Å². The molecule has 0 aliphatic carbocycles. The zero-order chi connectivity index (χ0) is 12.0. The van der Waals surface area contributed by atoms with Crippen molar-refractivity contribution in [3.8, 4) is 0 Å². The number of aromatic nitrogens is 2. The average Bonchev–Trinajstić information content (AvgIpc) is 2.67. The normalized spacial score (nSPS) is 11.1. The van der Waals surface area contributed by atoms with Crippen LogP contribution in [-0.4, -0.2) is 14.5 Å². The summed E-state index contributed by atoms with van der Waals surface area (Å²) in [6.07, 6.45) is 0. The molecule has 0 aliphatic heterocycles. The maximum atomic E-state index is 10.8. The molecule has 0 amide bonds. The summed E-state index contributed by atoms with van der Waals surface area (Å²) in [7, 11) is 1.65. The van der Waals surface area contributed by atoms with Gasteiger partial charge in [0, 0.05) is 5.39 Å². The monoisotopic (exact) mass is 227 g/mol. The van der Waals surface area contributed by atoms with E-state index in [1.165, 1.54) is 4.57 Å². The fraction of sp³-hybridized carbons (Fsp3) is 0.0833. The first-order valence-corrected chi connectivity index (χ1v) is 5.17. The number of nitrogens with zero attached hydrogens (tertiary/aromatic N) is 3. The van der Waals surface area contributed by atoms with E-state index in [-0.39, 0.29) is 5.95 Å². The van der Waals surface area contributed by atoms with Crippen molar-refractivity contribution < 1.29 is 4.92 Å². The summed E-state index contributed by atoms with van der Waals surface area (Å²) >= 11 is 0. The summed E-state index contributed by atoms with van der Waals surface area (Å²) in [6, 6.07) is 11.5. The van der Waals surface area contributed by atoms with Crippen LogP contribution < -0.4 is 0 Å². The molecule has 1 heterocycles. The van der Waals surface area contributed by atoms with Gasteiger partial charge in [0.05, 0.1) is 7.05 Å². The van der Waals surface area contributed by atoms with Gasteiger partial charge in [-0.2, -0.15) is 0 Å². The van der Waals surface area contributed by atoms with Gasteiger partial charge in [0.15, 0.2) is 5.52 Å². The van der Waals surface area contributed by atoms with Crippen LogP contribution >= 0.6 is 0 Å². The molecule has 84 valence electrons. The lowest BCUT2D eigenvalue weighted by Gasteiger charge is -1.96. The van der Waals surface area contributed by atoms with Crippen molar-refractivity contribution in [2.24, 2.45) is 7.05 Å². The van der Waals surface area contributed by atoms with Gasteiger partial charge in [-0.1, -0.05) is 35.3 Å². The van der Waals surface area contributed by atoms with Gasteiger partial charge < -0.3 is 10.1 Å². The topological polar surface area (TPSA) is 61.0 Å². The van der Waals surface area contributed by atoms with Gasteiger partial charge in [-0.25, -0.2) is 4.57 Å². The second kappa shape index (κ2) is 3.28. The van der Waals surface area contributed by atoms with Crippen molar-refractivity contribution in [2.45, 2.75) is 0 Å². The van der Waals surface area contributed by atoms with Crippen LogP contribution in [0.1, 0.15) is 0 Å². The number of imidazole rings is 1. The molecule has 0 spiro atoms. The number of hydrogen-bond acceptors (Lipinski definition) is 3. The van der Waals surface area contributed by atoms with E-state index in [4.69, 9.17) is 0 Å². The van der Waals surface area contributed by atoms with Crippen LogP contribution in [-0.2, 0) is 7.05 Å². The van der Waals surface area contributed by atoms with Gasteiger partial charge in [-0.15, -0.1) is 0 Å². The molecule has 3 aromatic rings. The Labute approximate surface area is 96.5 Å². The van der Waals surface area contributed by atoms with Gasteiger partial charge in [-0.3, -0.25) is 0 Å². The Morgan fingerprint density at radius 3 is 2.76 bits per heavy atom. The number of rotatable bonds is 1. The molecule has 0 bridgehead atoms. The van der Waals surface area contributed by atoms with Crippen LogP contribution in [0.25, 0.3) is 21.8 Å². The van der Waals surface area contributed by atoms with E-state index in [9.17, 15) is 10.1 Å². The molecule has 3 rings (SSSR count). The standard InChI is InChI=1S/C12H9N3O2/c1-14-10-7-6-8-4-2-3-5-9(8)11(10)13-12(14)15(16)17/h2-7H,1H3. The van der Waals surface area contributed by atoms with Crippen LogP contribution in [0.4, 0.5) is 5.95 Å². The largest absolute Gasteiger partial charge is 0.435 e. The Morgan fingerprint density at radius 2 is 2.00 bits per heavy atom. The van der Waals surface area contributed by atoms with Crippen LogP contribution in [0, 0.1) is 10.1 Å². The molecular weight excluding hydrogens is 218 g/mol. The Kier molecular flexibility index (Phi) is 1.89. The molecule has 5 nitrogen and oxygen atoms in total. The molecule has 0 radical (unpaired) electrons. The van der Waals surface area contributed by atoms with Gasteiger partial charge in [-0.05, 0) is 16.4 Å². The lowest BCUT2D eigenvalue weighted by atomic mass is 10.1. The van der Waals surface area contributed by atoms with Gasteiger partial charge in [0.2, 0.25) is 0 Å². The van der Waals surface area contributed by atoms with E-state index in [0.717, 1.165) is 16.3 Å². The summed E-state index contributed by atoms with van der Waals surface area (Å²) in [4.78, 5) is 14.5. The number of nitro groups is 1. The maximum absolute atomic E-state index is 10.8. The quantitative estimate of drug-likeness (QED) is 0.474. The average molecular weight is 227 g/mol. The highest BCUT2D eigenvalue weighted by Crippen LogP contribution is 2.27. The van der Waals surface area contributed by atoms with E-state index in [2.05, 4.69) is 4.98 Å². The Morgan fingerprint density at radius 1 is 1.24 bits per heavy atom. The summed E-state index contributed by atoms with van der Waals surface area (Å²) < 4.78 is 1.50. The van der Waals surface area contributed by atoms with Crippen molar-refractivity contribution in [2.75, 3.05) is 0 Å². The van der Waals surface area contributed by atoms with Crippen molar-refractivity contribution in [3.63, 3.8) is 0 Å². The van der Waals surface area contributed by atoms with Crippen molar-refractivity contribution in [1.82, 2.24) is 9.55 Å². The molecule has 0 aliphatic rings. The lowest BCUT2D eigenvalue weighted by Crippen LogP contribution is -1.97. The Bertz CT molecular complexity index is 746. The third kappa shape index (κ3) is 1.29. The van der Waals surface area contributed by atoms with Crippen LogP contribution in [0.5, 0.6) is 0 Å². The number of hydrogen-bond donors (Lipinski definition) is 0. The molecule has 2 aromatic carbocycles. The van der Waals surface area contributed by atoms with E-state index in [1.54, 1.807) is 7.05 Å². The second-order valence-electron chi connectivity index (χ2n) is 3.88. The third-order valence-corrected chi connectivity index (χ3v) is 2.92. The van der Waals surface area contributed by atoms with Gasteiger partial charge in [0.25, 0.3) is 0 Å². The smallest absolute Gasteiger partial charge is 0.390 e. The number of benzene rings is 2. The molecule has 5 heteroatoms. The highest BCUT2D eigenvalue weighted by atomic mass is 16.6. The fourth-order valence-corrected chi connectivity index (χ4v) is 2.08. The Balaban J connectivity index is 2.51. The summed E-state index contributed by atoms with van der Waals surface area (Å²) in [5.41, 5.74) is 1.45. The van der Waals surface area contributed by atoms with Crippen LogP contribution in [0.2, 0.25) is 0 Å². The zero-order valence-electron chi connectivity index (χ0n) is 9.12. The first kappa shape index (κ1) is 9.77. The minimum absolute atomic E-state index is 0.128. The molecule has 0 unspecified atom stereocenters. The minimum atomic E-state index is -0.464. The van der Waals surface area contributed by atoms with Gasteiger partial charge >= 0.3 is 5.95 Å². The molecule has 0 atom stereocenters.